The molecule has 0 bridgehead atoms. The van der Waals surface area contributed by atoms with E-state index in [0.717, 1.165) is 9.87 Å². The van der Waals surface area contributed by atoms with Crippen LogP contribution >= 0.6 is 11.6 Å². The number of amides is 2. The number of sulfonamides is 1. The van der Waals surface area contributed by atoms with E-state index in [1.807, 2.05) is 30.3 Å². The fourth-order valence-electron chi connectivity index (χ4n) is 4.63. The molecule has 0 heterocycles. The minimum atomic E-state index is -4.28. The van der Waals surface area contributed by atoms with Gasteiger partial charge in [-0.15, -0.1) is 0 Å². The van der Waals surface area contributed by atoms with E-state index in [9.17, 15) is 22.4 Å². The Morgan fingerprint density at radius 3 is 2.05 bits per heavy atom. The van der Waals surface area contributed by atoms with Crippen LogP contribution in [0.15, 0.2) is 114 Å². The van der Waals surface area contributed by atoms with Gasteiger partial charge in [-0.05, 0) is 49.7 Å². The first-order chi connectivity index (χ1) is 20.6. The molecule has 4 aromatic carbocycles. The highest BCUT2D eigenvalue weighted by Gasteiger charge is 2.35. The van der Waals surface area contributed by atoms with Crippen molar-refractivity contribution in [3.8, 4) is 0 Å². The van der Waals surface area contributed by atoms with E-state index in [1.54, 1.807) is 50.2 Å². The van der Waals surface area contributed by atoms with Crippen LogP contribution in [-0.4, -0.2) is 43.8 Å². The number of carbonyl (C=O) groups is 2. The second kappa shape index (κ2) is 14.3. The van der Waals surface area contributed by atoms with Crippen molar-refractivity contribution in [3.63, 3.8) is 0 Å². The van der Waals surface area contributed by atoms with Gasteiger partial charge in [0.2, 0.25) is 11.8 Å². The van der Waals surface area contributed by atoms with E-state index in [4.69, 9.17) is 11.6 Å². The zero-order chi connectivity index (χ0) is 31.0. The van der Waals surface area contributed by atoms with E-state index in [-0.39, 0.29) is 40.2 Å². The van der Waals surface area contributed by atoms with Crippen LogP contribution in [-0.2, 0) is 32.6 Å². The average molecular weight is 622 g/mol. The minimum Gasteiger partial charge on any atom is -0.352 e. The lowest BCUT2D eigenvalue weighted by Gasteiger charge is -2.34. The van der Waals surface area contributed by atoms with E-state index in [2.05, 4.69) is 5.32 Å². The Kier molecular flexibility index (Phi) is 10.6. The molecule has 0 saturated carbocycles. The molecule has 1 N–H and O–H groups in total. The summed E-state index contributed by atoms with van der Waals surface area (Å²) >= 11 is 6.46. The molecule has 0 aromatic heterocycles. The summed E-state index contributed by atoms with van der Waals surface area (Å²) in [5.74, 6) is -1.70. The van der Waals surface area contributed by atoms with Crippen LogP contribution < -0.4 is 9.62 Å². The molecule has 43 heavy (non-hydrogen) atoms. The van der Waals surface area contributed by atoms with E-state index in [0.29, 0.717) is 0 Å². The molecule has 10 heteroatoms. The lowest BCUT2D eigenvalue weighted by atomic mass is 10.0. The summed E-state index contributed by atoms with van der Waals surface area (Å²) in [6.07, 6.45) is 0.122. The van der Waals surface area contributed by atoms with Gasteiger partial charge in [0, 0.05) is 24.6 Å². The number of nitrogens with one attached hydrogen (secondary N) is 1. The molecular weight excluding hydrogens is 589 g/mol. The third kappa shape index (κ3) is 8.00. The first-order valence-corrected chi connectivity index (χ1v) is 15.6. The second-order valence-corrected chi connectivity index (χ2v) is 12.5. The lowest BCUT2D eigenvalue weighted by molar-refractivity contribution is -0.140. The van der Waals surface area contributed by atoms with Crippen LogP contribution in [0.5, 0.6) is 0 Å². The topological polar surface area (TPSA) is 86.8 Å². The molecule has 0 spiro atoms. The van der Waals surface area contributed by atoms with Crippen molar-refractivity contribution in [3.05, 3.63) is 131 Å². The summed E-state index contributed by atoms with van der Waals surface area (Å²) in [4.78, 5) is 29.2. The quantitative estimate of drug-likeness (QED) is 0.215. The molecule has 0 aliphatic carbocycles. The molecular formula is C33H33ClFN3O4S. The molecule has 0 aliphatic heterocycles. The number of hydrogen-bond donors (Lipinski definition) is 1. The Morgan fingerprint density at radius 1 is 0.837 bits per heavy atom. The molecule has 2 amide bonds. The van der Waals surface area contributed by atoms with Gasteiger partial charge in [-0.2, -0.15) is 0 Å². The summed E-state index contributed by atoms with van der Waals surface area (Å²) in [6.45, 7) is 2.64. The Labute approximate surface area is 257 Å². The highest BCUT2D eigenvalue weighted by Crippen LogP contribution is 2.31. The lowest BCUT2D eigenvalue weighted by Crippen LogP contribution is -2.54. The Balaban J connectivity index is 1.82. The largest absolute Gasteiger partial charge is 0.352 e. The zero-order valence-corrected chi connectivity index (χ0v) is 25.4. The van der Waals surface area contributed by atoms with Crippen molar-refractivity contribution in [1.82, 2.24) is 10.2 Å². The van der Waals surface area contributed by atoms with Crippen LogP contribution in [0, 0.1) is 5.82 Å². The SMILES string of the molecule is CC(C)NC(=O)[C@H](Cc1ccccc1)N(Cc1ccccc1F)C(=O)CN(c1ccccc1Cl)S(=O)(=O)c1ccccc1. The predicted octanol–water partition coefficient (Wildman–Crippen LogP) is 5.84. The van der Waals surface area contributed by atoms with E-state index < -0.39 is 40.2 Å². The summed E-state index contributed by atoms with van der Waals surface area (Å²) in [7, 11) is -4.28. The molecule has 4 rings (SSSR count). The molecule has 1 atom stereocenters. The van der Waals surface area contributed by atoms with Gasteiger partial charge >= 0.3 is 0 Å². The van der Waals surface area contributed by atoms with Crippen LogP contribution in [0.1, 0.15) is 25.0 Å². The van der Waals surface area contributed by atoms with Crippen molar-refractivity contribution >= 4 is 39.1 Å². The Hall–Kier alpha value is -4.21. The van der Waals surface area contributed by atoms with Crippen LogP contribution in [0.4, 0.5) is 10.1 Å². The van der Waals surface area contributed by atoms with Crippen molar-refractivity contribution in [2.75, 3.05) is 10.8 Å². The van der Waals surface area contributed by atoms with Gasteiger partial charge in [0.05, 0.1) is 15.6 Å². The van der Waals surface area contributed by atoms with Gasteiger partial charge in [-0.3, -0.25) is 13.9 Å². The number of benzene rings is 4. The number of carbonyl (C=O) groups excluding carboxylic acids is 2. The highest BCUT2D eigenvalue weighted by atomic mass is 35.5. The normalized spacial score (nSPS) is 12.0. The molecule has 224 valence electrons. The maximum absolute atomic E-state index is 14.9. The molecule has 0 fully saturated rings. The van der Waals surface area contributed by atoms with Gasteiger partial charge in [-0.1, -0.05) is 90.5 Å². The number of para-hydroxylation sites is 1. The van der Waals surface area contributed by atoms with Gasteiger partial charge in [0.25, 0.3) is 10.0 Å². The van der Waals surface area contributed by atoms with E-state index in [1.165, 1.54) is 47.4 Å². The Bertz CT molecular complexity index is 1650. The minimum absolute atomic E-state index is 0.0400. The number of nitrogens with zero attached hydrogens (tertiary/aromatic N) is 2. The van der Waals surface area contributed by atoms with Crippen LogP contribution in [0.2, 0.25) is 5.02 Å². The van der Waals surface area contributed by atoms with Crippen LogP contribution in [0.25, 0.3) is 0 Å². The van der Waals surface area contributed by atoms with Crippen molar-refractivity contribution in [1.29, 1.82) is 0 Å². The second-order valence-electron chi connectivity index (χ2n) is 10.3. The number of hydrogen-bond acceptors (Lipinski definition) is 4. The fourth-order valence-corrected chi connectivity index (χ4v) is 6.37. The van der Waals surface area contributed by atoms with Gasteiger partial charge < -0.3 is 10.2 Å². The summed E-state index contributed by atoms with van der Waals surface area (Å²) < 4.78 is 43.8. The van der Waals surface area contributed by atoms with Crippen molar-refractivity contribution in [2.45, 2.75) is 43.8 Å². The maximum Gasteiger partial charge on any atom is 0.264 e. The zero-order valence-electron chi connectivity index (χ0n) is 23.9. The highest BCUT2D eigenvalue weighted by molar-refractivity contribution is 7.92. The summed E-state index contributed by atoms with van der Waals surface area (Å²) in [5.41, 5.74) is 1.05. The van der Waals surface area contributed by atoms with E-state index >= 15 is 0 Å². The van der Waals surface area contributed by atoms with Gasteiger partial charge in [0.15, 0.2) is 0 Å². The molecule has 4 aromatic rings. The number of anilines is 1. The third-order valence-corrected chi connectivity index (χ3v) is 8.83. The molecule has 0 saturated heterocycles. The number of rotatable bonds is 12. The monoisotopic (exact) mass is 621 g/mol. The van der Waals surface area contributed by atoms with Crippen LogP contribution in [0.3, 0.4) is 0 Å². The summed E-state index contributed by atoms with van der Waals surface area (Å²) in [6, 6.07) is 27.8. The predicted molar refractivity (Wildman–Crippen MR) is 167 cm³/mol. The van der Waals surface area contributed by atoms with Crippen molar-refractivity contribution in [2.24, 2.45) is 0 Å². The summed E-state index contributed by atoms with van der Waals surface area (Å²) in [5, 5.41) is 2.99. The van der Waals surface area contributed by atoms with Gasteiger partial charge in [-0.25, -0.2) is 12.8 Å². The maximum atomic E-state index is 14.9. The standard InChI is InChI=1S/C33H33ClFN3O4S/c1-24(2)36-33(40)31(21-25-13-5-3-6-14-25)37(22-26-15-9-11-19-29(26)35)32(39)23-38(30-20-12-10-18-28(30)34)43(41,42)27-16-7-4-8-17-27/h3-20,24,31H,21-23H2,1-2H3,(H,36,40)/t31-/m0/s1. The Morgan fingerprint density at radius 2 is 1.42 bits per heavy atom. The molecule has 7 nitrogen and oxygen atoms in total. The average Bonchev–Trinajstić information content (AvgIpc) is 2.99. The fraction of sp³-hybridized carbons (Fsp3) is 0.212. The van der Waals surface area contributed by atoms with Gasteiger partial charge in [0.1, 0.15) is 18.4 Å². The first kappa shape index (κ1) is 31.7. The molecule has 0 radical (unpaired) electrons. The van der Waals surface area contributed by atoms with Crippen molar-refractivity contribution < 1.29 is 22.4 Å². The molecule has 0 aliphatic rings. The smallest absolute Gasteiger partial charge is 0.264 e. The number of halogens is 2. The molecule has 0 unspecified atom stereocenters. The third-order valence-electron chi connectivity index (χ3n) is 6.73. The first-order valence-electron chi connectivity index (χ1n) is 13.8.